The quantitative estimate of drug-likeness (QED) is 0.894. The molecule has 0 amide bonds. The van der Waals surface area contributed by atoms with Gasteiger partial charge in [0.2, 0.25) is 0 Å². The number of pyridine rings is 1. The number of hydrogen-bond acceptors (Lipinski definition) is 3. The molecule has 0 aliphatic rings. The molecule has 4 heteroatoms. The van der Waals surface area contributed by atoms with Gasteiger partial charge in [-0.15, -0.1) is 0 Å². The summed E-state index contributed by atoms with van der Waals surface area (Å²) < 4.78 is 6.82. The average molecular weight is 246 g/mol. The molecule has 1 unspecified atom stereocenters. The molecule has 96 valence electrons. The molecule has 0 aliphatic carbocycles. The van der Waals surface area contributed by atoms with Gasteiger partial charge in [0.15, 0.2) is 0 Å². The van der Waals surface area contributed by atoms with Crippen LogP contribution in [-0.4, -0.2) is 17.7 Å². The molecule has 0 saturated heterocycles. The van der Waals surface area contributed by atoms with Crippen molar-refractivity contribution in [2.45, 2.75) is 25.9 Å². The summed E-state index contributed by atoms with van der Waals surface area (Å²) in [7, 11) is 1.61. The second-order valence-corrected chi connectivity index (χ2v) is 4.39. The number of hydrogen-bond donors (Lipinski definition) is 1. The lowest BCUT2D eigenvalue weighted by molar-refractivity contribution is 0.415. The first-order chi connectivity index (χ1) is 8.65. The third-order valence-electron chi connectivity index (χ3n) is 3.14. The van der Waals surface area contributed by atoms with E-state index in [1.54, 1.807) is 30.0 Å². The van der Waals surface area contributed by atoms with Crippen LogP contribution >= 0.6 is 0 Å². The molecule has 0 radical (unpaired) electrons. The standard InChI is InChI=1S/C14H18N2O2/c1-3-11(15)9-16-7-6-10-8-12(18-2)4-5-13(10)14(16)17/h4-8,11H,3,9,15H2,1-2H3. The molecule has 2 aromatic rings. The molecule has 1 atom stereocenters. The molecular weight excluding hydrogens is 228 g/mol. The lowest BCUT2D eigenvalue weighted by Crippen LogP contribution is -2.31. The summed E-state index contributed by atoms with van der Waals surface area (Å²) in [4.78, 5) is 12.2. The van der Waals surface area contributed by atoms with E-state index in [0.29, 0.717) is 11.9 Å². The third kappa shape index (κ3) is 2.38. The van der Waals surface area contributed by atoms with Crippen molar-refractivity contribution in [3.05, 3.63) is 40.8 Å². The van der Waals surface area contributed by atoms with Crippen molar-refractivity contribution in [3.8, 4) is 5.75 Å². The molecular formula is C14H18N2O2. The van der Waals surface area contributed by atoms with Gasteiger partial charge in [-0.2, -0.15) is 0 Å². The van der Waals surface area contributed by atoms with E-state index in [-0.39, 0.29) is 11.6 Å². The number of aromatic nitrogens is 1. The van der Waals surface area contributed by atoms with Gasteiger partial charge in [-0.1, -0.05) is 6.92 Å². The van der Waals surface area contributed by atoms with Crippen LogP contribution in [0.5, 0.6) is 5.75 Å². The van der Waals surface area contributed by atoms with Crippen LogP contribution in [0.2, 0.25) is 0 Å². The highest BCUT2D eigenvalue weighted by Gasteiger charge is 2.06. The lowest BCUT2D eigenvalue weighted by atomic mass is 10.1. The number of benzene rings is 1. The minimum absolute atomic E-state index is 0.000877. The molecule has 0 spiro atoms. The predicted molar refractivity (Wildman–Crippen MR) is 73.0 cm³/mol. The number of nitrogens with zero attached hydrogens (tertiary/aromatic N) is 1. The van der Waals surface area contributed by atoms with Crippen molar-refractivity contribution in [1.82, 2.24) is 4.57 Å². The van der Waals surface area contributed by atoms with Gasteiger partial charge >= 0.3 is 0 Å². The number of methoxy groups -OCH3 is 1. The van der Waals surface area contributed by atoms with E-state index in [1.807, 2.05) is 19.1 Å². The van der Waals surface area contributed by atoms with Gasteiger partial charge in [-0.05, 0) is 36.1 Å². The Bertz CT molecular complexity index is 604. The zero-order valence-electron chi connectivity index (χ0n) is 10.7. The van der Waals surface area contributed by atoms with Crippen LogP contribution in [0.15, 0.2) is 35.3 Å². The van der Waals surface area contributed by atoms with Crippen molar-refractivity contribution in [2.75, 3.05) is 7.11 Å². The van der Waals surface area contributed by atoms with Crippen molar-refractivity contribution in [1.29, 1.82) is 0 Å². The van der Waals surface area contributed by atoms with Crippen LogP contribution in [0.25, 0.3) is 10.8 Å². The Balaban J connectivity index is 2.48. The fraction of sp³-hybridized carbons (Fsp3) is 0.357. The van der Waals surface area contributed by atoms with E-state index in [9.17, 15) is 4.79 Å². The fourth-order valence-corrected chi connectivity index (χ4v) is 1.92. The van der Waals surface area contributed by atoms with Crippen molar-refractivity contribution < 1.29 is 4.74 Å². The first-order valence-corrected chi connectivity index (χ1v) is 6.08. The van der Waals surface area contributed by atoms with Gasteiger partial charge in [0.1, 0.15) is 5.75 Å². The van der Waals surface area contributed by atoms with Crippen LogP contribution in [-0.2, 0) is 6.54 Å². The van der Waals surface area contributed by atoms with Crippen LogP contribution in [0, 0.1) is 0 Å². The zero-order valence-corrected chi connectivity index (χ0v) is 10.7. The Morgan fingerprint density at radius 2 is 2.17 bits per heavy atom. The SMILES string of the molecule is CCC(N)Cn1ccc2cc(OC)ccc2c1=O. The highest BCUT2D eigenvalue weighted by atomic mass is 16.5. The summed E-state index contributed by atoms with van der Waals surface area (Å²) in [5.74, 6) is 0.755. The van der Waals surface area contributed by atoms with E-state index < -0.39 is 0 Å². The highest BCUT2D eigenvalue weighted by Crippen LogP contribution is 2.17. The molecule has 1 aromatic carbocycles. The maximum Gasteiger partial charge on any atom is 0.258 e. The molecule has 18 heavy (non-hydrogen) atoms. The Morgan fingerprint density at radius 1 is 1.39 bits per heavy atom. The molecule has 0 saturated carbocycles. The maximum atomic E-state index is 12.2. The summed E-state index contributed by atoms with van der Waals surface area (Å²) in [6, 6.07) is 7.39. The number of ether oxygens (including phenoxy) is 1. The van der Waals surface area contributed by atoms with E-state index in [1.165, 1.54) is 0 Å². The molecule has 0 fully saturated rings. The average Bonchev–Trinajstić information content (AvgIpc) is 2.41. The fourth-order valence-electron chi connectivity index (χ4n) is 1.92. The summed E-state index contributed by atoms with van der Waals surface area (Å²) in [5, 5.41) is 1.59. The van der Waals surface area contributed by atoms with Gasteiger partial charge in [0.25, 0.3) is 5.56 Å². The van der Waals surface area contributed by atoms with Gasteiger partial charge < -0.3 is 15.0 Å². The van der Waals surface area contributed by atoms with Gasteiger partial charge in [-0.3, -0.25) is 4.79 Å². The second-order valence-electron chi connectivity index (χ2n) is 4.39. The van der Waals surface area contributed by atoms with Crippen molar-refractivity contribution >= 4 is 10.8 Å². The summed E-state index contributed by atoms with van der Waals surface area (Å²) in [5.41, 5.74) is 5.88. The zero-order chi connectivity index (χ0) is 13.1. The minimum Gasteiger partial charge on any atom is -0.497 e. The van der Waals surface area contributed by atoms with Crippen molar-refractivity contribution in [3.63, 3.8) is 0 Å². The van der Waals surface area contributed by atoms with Crippen LogP contribution in [0.1, 0.15) is 13.3 Å². The monoisotopic (exact) mass is 246 g/mol. The molecule has 0 aliphatic heterocycles. The molecule has 2 N–H and O–H groups in total. The first-order valence-electron chi connectivity index (χ1n) is 6.08. The molecule has 1 aromatic heterocycles. The van der Waals surface area contributed by atoms with E-state index in [0.717, 1.165) is 17.6 Å². The number of nitrogens with two attached hydrogens (primary N) is 1. The molecule has 4 nitrogen and oxygen atoms in total. The minimum atomic E-state index is -0.000877. The van der Waals surface area contributed by atoms with E-state index in [4.69, 9.17) is 10.5 Å². The lowest BCUT2D eigenvalue weighted by Gasteiger charge is -2.12. The van der Waals surface area contributed by atoms with Gasteiger partial charge in [-0.25, -0.2) is 0 Å². The summed E-state index contributed by atoms with van der Waals surface area (Å²) in [6.45, 7) is 2.57. The van der Waals surface area contributed by atoms with Gasteiger partial charge in [0.05, 0.1) is 7.11 Å². The van der Waals surface area contributed by atoms with E-state index in [2.05, 4.69) is 0 Å². The van der Waals surface area contributed by atoms with Crippen molar-refractivity contribution in [2.24, 2.45) is 5.73 Å². The Labute approximate surface area is 106 Å². The Hall–Kier alpha value is -1.81. The summed E-state index contributed by atoms with van der Waals surface area (Å²) in [6.07, 6.45) is 2.65. The number of rotatable bonds is 4. The van der Waals surface area contributed by atoms with Crippen LogP contribution < -0.4 is 16.0 Å². The normalized spacial score (nSPS) is 12.6. The number of fused-ring (bicyclic) bond motifs is 1. The maximum absolute atomic E-state index is 12.2. The molecule has 1 heterocycles. The predicted octanol–water partition coefficient (Wildman–Crippen LogP) is 1.75. The van der Waals surface area contributed by atoms with Gasteiger partial charge in [0, 0.05) is 24.2 Å². The largest absolute Gasteiger partial charge is 0.497 e. The Morgan fingerprint density at radius 3 is 2.83 bits per heavy atom. The topological polar surface area (TPSA) is 57.2 Å². The van der Waals surface area contributed by atoms with Crippen LogP contribution in [0.4, 0.5) is 0 Å². The smallest absolute Gasteiger partial charge is 0.258 e. The van der Waals surface area contributed by atoms with Crippen LogP contribution in [0.3, 0.4) is 0 Å². The first kappa shape index (κ1) is 12.6. The second kappa shape index (κ2) is 5.23. The molecule has 2 rings (SSSR count). The Kier molecular flexibility index (Phi) is 3.67. The highest BCUT2D eigenvalue weighted by molar-refractivity contribution is 5.82. The third-order valence-corrected chi connectivity index (χ3v) is 3.14. The van der Waals surface area contributed by atoms with E-state index >= 15 is 0 Å². The molecule has 0 bridgehead atoms. The summed E-state index contributed by atoms with van der Waals surface area (Å²) >= 11 is 0.